The van der Waals surface area contributed by atoms with Gasteiger partial charge in [-0.2, -0.15) is 5.10 Å². The van der Waals surface area contributed by atoms with Gasteiger partial charge in [-0.05, 0) is 37.4 Å². The number of likely N-dealkylation sites (N-methyl/N-ethyl adjacent to an activating group) is 1. The molecule has 2 aromatic heterocycles. The van der Waals surface area contributed by atoms with Gasteiger partial charge < -0.3 is 4.90 Å². The molecule has 2 aromatic rings. The Morgan fingerprint density at radius 2 is 2.12 bits per heavy atom. The lowest BCUT2D eigenvalue weighted by molar-refractivity contribution is -0.135. The van der Waals surface area contributed by atoms with Crippen molar-refractivity contribution < 1.29 is 4.79 Å². The van der Waals surface area contributed by atoms with Crippen molar-refractivity contribution in [2.75, 3.05) is 13.6 Å². The van der Waals surface area contributed by atoms with Gasteiger partial charge in [-0.15, -0.1) is 11.3 Å². The standard InChI is InChI=1S/C18H26N4OS/c1-20(12-16-9-10-19-21(16)2)14-18(23)22(15-6-3-4-7-15)13-17-8-5-11-24-17/h5,8-11,15H,3-4,6-7,12-14H2,1-2H3. The Balaban J connectivity index is 1.63. The third-order valence-corrected chi connectivity index (χ3v) is 5.61. The van der Waals surface area contributed by atoms with E-state index in [0.717, 1.165) is 31.6 Å². The molecule has 0 atom stereocenters. The molecule has 0 N–H and O–H groups in total. The highest BCUT2D eigenvalue weighted by Gasteiger charge is 2.27. The van der Waals surface area contributed by atoms with E-state index in [9.17, 15) is 4.79 Å². The summed E-state index contributed by atoms with van der Waals surface area (Å²) in [5.74, 6) is 0.236. The van der Waals surface area contributed by atoms with Crippen LogP contribution in [0.3, 0.4) is 0 Å². The van der Waals surface area contributed by atoms with Crippen LogP contribution in [-0.4, -0.2) is 45.1 Å². The fourth-order valence-electron chi connectivity index (χ4n) is 3.42. The normalized spacial score (nSPS) is 15.3. The summed E-state index contributed by atoms with van der Waals surface area (Å²) < 4.78 is 1.86. The van der Waals surface area contributed by atoms with Gasteiger partial charge in [-0.3, -0.25) is 14.4 Å². The first-order chi connectivity index (χ1) is 11.6. The molecule has 0 radical (unpaired) electrons. The summed E-state index contributed by atoms with van der Waals surface area (Å²) in [4.78, 5) is 18.4. The average Bonchev–Trinajstić information content (AvgIpc) is 3.28. The van der Waals surface area contributed by atoms with Crippen LogP contribution in [0.2, 0.25) is 0 Å². The summed E-state index contributed by atoms with van der Waals surface area (Å²) in [6.07, 6.45) is 6.56. The van der Waals surface area contributed by atoms with Crippen molar-refractivity contribution in [1.29, 1.82) is 0 Å². The van der Waals surface area contributed by atoms with E-state index in [4.69, 9.17) is 0 Å². The van der Waals surface area contributed by atoms with Crippen LogP contribution in [0.5, 0.6) is 0 Å². The van der Waals surface area contributed by atoms with E-state index in [2.05, 4.69) is 32.4 Å². The van der Waals surface area contributed by atoms with Crippen LogP contribution in [0.1, 0.15) is 36.3 Å². The first-order valence-electron chi connectivity index (χ1n) is 8.61. The molecule has 5 nitrogen and oxygen atoms in total. The van der Waals surface area contributed by atoms with E-state index in [-0.39, 0.29) is 5.91 Å². The minimum absolute atomic E-state index is 0.236. The fraction of sp³-hybridized carbons (Fsp3) is 0.556. The topological polar surface area (TPSA) is 41.4 Å². The highest BCUT2D eigenvalue weighted by Crippen LogP contribution is 2.26. The molecule has 1 amide bonds. The largest absolute Gasteiger partial charge is 0.333 e. The Hall–Kier alpha value is -1.66. The van der Waals surface area contributed by atoms with Crippen LogP contribution in [0.4, 0.5) is 0 Å². The Bertz CT molecular complexity index is 646. The molecule has 3 rings (SSSR count). The van der Waals surface area contributed by atoms with Gasteiger partial charge in [0.25, 0.3) is 0 Å². The van der Waals surface area contributed by atoms with Crippen LogP contribution in [0.25, 0.3) is 0 Å². The maximum absolute atomic E-state index is 12.9. The molecule has 0 spiro atoms. The van der Waals surface area contributed by atoms with E-state index in [0.29, 0.717) is 12.6 Å². The molecular formula is C18H26N4OS. The Morgan fingerprint density at radius 1 is 1.33 bits per heavy atom. The predicted molar refractivity (Wildman–Crippen MR) is 96.7 cm³/mol. The monoisotopic (exact) mass is 346 g/mol. The smallest absolute Gasteiger partial charge is 0.237 e. The second-order valence-corrected chi connectivity index (χ2v) is 7.69. The zero-order valence-corrected chi connectivity index (χ0v) is 15.3. The van der Waals surface area contributed by atoms with Crippen LogP contribution >= 0.6 is 11.3 Å². The Morgan fingerprint density at radius 3 is 2.75 bits per heavy atom. The summed E-state index contributed by atoms with van der Waals surface area (Å²) in [6.45, 7) is 1.94. The Labute approximate surface area is 147 Å². The molecule has 6 heteroatoms. The van der Waals surface area contributed by atoms with Gasteiger partial charge >= 0.3 is 0 Å². The van der Waals surface area contributed by atoms with Crippen LogP contribution in [-0.2, 0) is 24.9 Å². The number of amides is 1. The third-order valence-electron chi connectivity index (χ3n) is 4.75. The molecule has 0 unspecified atom stereocenters. The number of thiophene rings is 1. The molecular weight excluding hydrogens is 320 g/mol. The van der Waals surface area contributed by atoms with E-state index in [1.807, 2.05) is 24.8 Å². The minimum Gasteiger partial charge on any atom is -0.333 e. The number of carbonyl (C=O) groups is 1. The molecule has 1 saturated carbocycles. The van der Waals surface area contributed by atoms with Gasteiger partial charge in [0.05, 0.1) is 18.8 Å². The second-order valence-electron chi connectivity index (χ2n) is 6.66. The summed E-state index contributed by atoms with van der Waals surface area (Å²) >= 11 is 1.73. The zero-order valence-electron chi connectivity index (χ0n) is 14.5. The first kappa shape index (κ1) is 17.2. The SMILES string of the molecule is CN(CC(=O)N(Cc1cccs1)C1CCCC1)Cc1ccnn1C. The van der Waals surface area contributed by atoms with Gasteiger partial charge in [-0.25, -0.2) is 0 Å². The lowest BCUT2D eigenvalue weighted by atomic mass is 10.2. The lowest BCUT2D eigenvalue weighted by Crippen LogP contribution is -2.43. The highest BCUT2D eigenvalue weighted by molar-refractivity contribution is 7.09. The third kappa shape index (κ3) is 4.24. The van der Waals surface area contributed by atoms with Gasteiger partial charge in [0.15, 0.2) is 0 Å². The molecule has 1 aliphatic carbocycles. The molecule has 0 saturated heterocycles. The van der Waals surface area contributed by atoms with Crippen LogP contribution in [0.15, 0.2) is 29.8 Å². The van der Waals surface area contributed by atoms with Crippen molar-refractivity contribution in [2.45, 2.75) is 44.8 Å². The van der Waals surface area contributed by atoms with Gasteiger partial charge in [-0.1, -0.05) is 18.9 Å². The number of hydrogen-bond donors (Lipinski definition) is 0. The molecule has 1 fully saturated rings. The summed E-state index contributed by atoms with van der Waals surface area (Å²) in [6, 6.07) is 6.59. The summed E-state index contributed by atoms with van der Waals surface area (Å²) in [5, 5.41) is 6.28. The van der Waals surface area contributed by atoms with Gasteiger partial charge in [0.2, 0.25) is 5.91 Å². The fourth-order valence-corrected chi connectivity index (χ4v) is 4.12. The summed E-state index contributed by atoms with van der Waals surface area (Å²) in [7, 11) is 3.94. The molecule has 24 heavy (non-hydrogen) atoms. The van der Waals surface area contributed by atoms with E-state index < -0.39 is 0 Å². The number of aromatic nitrogens is 2. The first-order valence-corrected chi connectivity index (χ1v) is 9.48. The lowest BCUT2D eigenvalue weighted by Gasteiger charge is -2.30. The van der Waals surface area contributed by atoms with Gasteiger partial charge in [0.1, 0.15) is 0 Å². The number of rotatable bonds is 7. The second kappa shape index (κ2) is 7.94. The van der Waals surface area contributed by atoms with Crippen molar-refractivity contribution in [3.63, 3.8) is 0 Å². The number of carbonyl (C=O) groups excluding carboxylic acids is 1. The number of hydrogen-bond acceptors (Lipinski definition) is 4. The molecule has 130 valence electrons. The van der Waals surface area contributed by atoms with Crippen molar-refractivity contribution >= 4 is 17.2 Å². The molecule has 0 bridgehead atoms. The molecule has 0 aromatic carbocycles. The maximum atomic E-state index is 12.9. The molecule has 0 aliphatic heterocycles. The molecule has 2 heterocycles. The van der Waals surface area contributed by atoms with Crippen molar-refractivity contribution in [1.82, 2.24) is 19.6 Å². The van der Waals surface area contributed by atoms with Crippen molar-refractivity contribution in [3.05, 3.63) is 40.3 Å². The highest BCUT2D eigenvalue weighted by atomic mass is 32.1. The Kier molecular flexibility index (Phi) is 5.68. The average molecular weight is 347 g/mol. The van der Waals surface area contributed by atoms with E-state index >= 15 is 0 Å². The number of nitrogens with zero attached hydrogens (tertiary/aromatic N) is 4. The van der Waals surface area contributed by atoms with Crippen molar-refractivity contribution in [2.24, 2.45) is 7.05 Å². The van der Waals surface area contributed by atoms with Crippen LogP contribution < -0.4 is 0 Å². The summed E-state index contributed by atoms with van der Waals surface area (Å²) in [5.41, 5.74) is 1.12. The maximum Gasteiger partial charge on any atom is 0.237 e. The quantitative estimate of drug-likeness (QED) is 0.774. The number of aryl methyl sites for hydroxylation is 1. The van der Waals surface area contributed by atoms with Crippen molar-refractivity contribution in [3.8, 4) is 0 Å². The molecule has 1 aliphatic rings. The van der Waals surface area contributed by atoms with E-state index in [1.165, 1.54) is 17.7 Å². The van der Waals surface area contributed by atoms with Gasteiger partial charge in [0, 0.05) is 30.7 Å². The predicted octanol–water partition coefficient (Wildman–Crippen LogP) is 2.88. The minimum atomic E-state index is 0.236. The van der Waals surface area contributed by atoms with Crippen LogP contribution in [0, 0.1) is 0 Å². The zero-order chi connectivity index (χ0) is 16.9. The van der Waals surface area contributed by atoms with E-state index in [1.54, 1.807) is 17.5 Å².